The quantitative estimate of drug-likeness (QED) is 0.860. The summed E-state index contributed by atoms with van der Waals surface area (Å²) >= 11 is 0. The summed E-state index contributed by atoms with van der Waals surface area (Å²) in [6.45, 7) is 2.15. The Morgan fingerprint density at radius 1 is 1.25 bits per heavy atom. The lowest BCUT2D eigenvalue weighted by molar-refractivity contribution is 0.0819. The van der Waals surface area contributed by atoms with Crippen LogP contribution in [0.3, 0.4) is 0 Å². The molecule has 1 aromatic rings. The number of Topliss-reactive ketones (excluding diaryl/α,β-unsaturated/α-hetero) is 1. The molecule has 0 bridgehead atoms. The van der Waals surface area contributed by atoms with Crippen LogP contribution < -0.4 is 15.2 Å². The second-order valence-electron chi connectivity index (χ2n) is 5.79. The molecule has 20 heavy (non-hydrogen) atoms. The van der Waals surface area contributed by atoms with Gasteiger partial charge in [0.2, 0.25) is 0 Å². The van der Waals surface area contributed by atoms with Crippen molar-refractivity contribution in [2.75, 3.05) is 14.2 Å². The van der Waals surface area contributed by atoms with Crippen LogP contribution in [0.5, 0.6) is 11.5 Å². The summed E-state index contributed by atoms with van der Waals surface area (Å²) in [5.41, 5.74) is 6.19. The lowest BCUT2D eigenvalue weighted by Crippen LogP contribution is -2.51. The molecular formula is C16H23NO3. The first-order valence-electron chi connectivity index (χ1n) is 7.05. The van der Waals surface area contributed by atoms with Crippen LogP contribution in [-0.2, 0) is 0 Å². The molecule has 0 radical (unpaired) electrons. The third kappa shape index (κ3) is 2.96. The predicted octanol–water partition coefficient (Wildman–Crippen LogP) is 2.79. The summed E-state index contributed by atoms with van der Waals surface area (Å²) in [7, 11) is 3.15. The highest BCUT2D eigenvalue weighted by atomic mass is 16.5. The van der Waals surface area contributed by atoms with Gasteiger partial charge in [-0.05, 0) is 30.9 Å². The Morgan fingerprint density at radius 2 is 1.85 bits per heavy atom. The molecule has 110 valence electrons. The van der Waals surface area contributed by atoms with E-state index < -0.39 is 5.54 Å². The van der Waals surface area contributed by atoms with Crippen molar-refractivity contribution in [1.82, 2.24) is 0 Å². The standard InChI is InChI=1S/C16H23NO3/c1-11-5-4-6-16(17,10-11)15(18)12-7-13(19-2)9-14(8-12)20-3/h7-9,11H,4-6,10,17H2,1-3H3. The van der Waals surface area contributed by atoms with Crippen molar-refractivity contribution in [3.05, 3.63) is 23.8 Å². The van der Waals surface area contributed by atoms with E-state index in [9.17, 15) is 4.79 Å². The maximum absolute atomic E-state index is 12.8. The Bertz CT molecular complexity index is 478. The number of rotatable bonds is 4. The number of hydrogen-bond acceptors (Lipinski definition) is 4. The number of hydrogen-bond donors (Lipinski definition) is 1. The first kappa shape index (κ1) is 14.9. The topological polar surface area (TPSA) is 61.5 Å². The summed E-state index contributed by atoms with van der Waals surface area (Å²) in [6.07, 6.45) is 3.64. The van der Waals surface area contributed by atoms with E-state index in [1.165, 1.54) is 0 Å². The predicted molar refractivity (Wildman–Crippen MR) is 78.4 cm³/mol. The smallest absolute Gasteiger partial charge is 0.182 e. The van der Waals surface area contributed by atoms with Crippen molar-refractivity contribution in [3.8, 4) is 11.5 Å². The van der Waals surface area contributed by atoms with Crippen molar-refractivity contribution < 1.29 is 14.3 Å². The molecule has 2 atom stereocenters. The molecule has 1 aliphatic rings. The van der Waals surface area contributed by atoms with Gasteiger partial charge in [-0.25, -0.2) is 0 Å². The Kier molecular flexibility index (Phi) is 4.33. The zero-order valence-corrected chi connectivity index (χ0v) is 12.4. The van der Waals surface area contributed by atoms with Crippen LogP contribution >= 0.6 is 0 Å². The van der Waals surface area contributed by atoms with Crippen molar-refractivity contribution in [1.29, 1.82) is 0 Å². The minimum Gasteiger partial charge on any atom is -0.497 e. The average Bonchev–Trinajstić information content (AvgIpc) is 2.45. The molecule has 0 aromatic heterocycles. The summed E-state index contributed by atoms with van der Waals surface area (Å²) in [6, 6.07) is 5.22. The second kappa shape index (κ2) is 5.83. The van der Waals surface area contributed by atoms with Crippen LogP contribution in [0.25, 0.3) is 0 Å². The van der Waals surface area contributed by atoms with Crippen molar-refractivity contribution >= 4 is 5.78 Å². The summed E-state index contributed by atoms with van der Waals surface area (Å²) in [5.74, 6) is 1.70. The number of ether oxygens (including phenoxy) is 2. The number of benzene rings is 1. The van der Waals surface area contributed by atoms with Gasteiger partial charge in [0.15, 0.2) is 5.78 Å². The normalized spacial score (nSPS) is 26.1. The van der Waals surface area contributed by atoms with E-state index in [1.807, 2.05) is 0 Å². The molecule has 4 nitrogen and oxygen atoms in total. The van der Waals surface area contributed by atoms with E-state index in [0.29, 0.717) is 23.0 Å². The van der Waals surface area contributed by atoms with Crippen molar-refractivity contribution in [2.24, 2.45) is 11.7 Å². The molecule has 2 unspecified atom stereocenters. The molecule has 1 aliphatic carbocycles. The van der Waals surface area contributed by atoms with Gasteiger partial charge >= 0.3 is 0 Å². The minimum absolute atomic E-state index is 0.0127. The molecule has 2 N–H and O–H groups in total. The third-order valence-corrected chi connectivity index (χ3v) is 4.10. The summed E-state index contributed by atoms with van der Waals surface area (Å²) in [5, 5.41) is 0. The van der Waals surface area contributed by atoms with Gasteiger partial charge in [0.25, 0.3) is 0 Å². The van der Waals surface area contributed by atoms with E-state index in [2.05, 4.69) is 6.92 Å². The molecule has 1 aromatic carbocycles. The van der Waals surface area contributed by atoms with Gasteiger partial charge in [0, 0.05) is 11.6 Å². The fourth-order valence-electron chi connectivity index (χ4n) is 3.02. The highest BCUT2D eigenvalue weighted by Crippen LogP contribution is 2.34. The van der Waals surface area contributed by atoms with Crippen LogP contribution in [0.2, 0.25) is 0 Å². The summed E-state index contributed by atoms with van der Waals surface area (Å²) in [4.78, 5) is 12.8. The number of nitrogens with two attached hydrogens (primary N) is 1. The van der Waals surface area contributed by atoms with E-state index in [4.69, 9.17) is 15.2 Å². The van der Waals surface area contributed by atoms with E-state index in [0.717, 1.165) is 25.7 Å². The molecule has 1 saturated carbocycles. The maximum Gasteiger partial charge on any atom is 0.182 e. The van der Waals surface area contributed by atoms with E-state index in [1.54, 1.807) is 32.4 Å². The highest BCUT2D eigenvalue weighted by molar-refractivity contribution is 6.03. The number of carbonyl (C=O) groups excluding carboxylic acids is 1. The first-order chi connectivity index (χ1) is 9.48. The van der Waals surface area contributed by atoms with Gasteiger partial charge in [0.1, 0.15) is 11.5 Å². The summed E-state index contributed by atoms with van der Waals surface area (Å²) < 4.78 is 10.4. The molecule has 0 spiro atoms. The van der Waals surface area contributed by atoms with Gasteiger partial charge in [-0.3, -0.25) is 4.79 Å². The third-order valence-electron chi connectivity index (χ3n) is 4.10. The van der Waals surface area contributed by atoms with Gasteiger partial charge < -0.3 is 15.2 Å². The number of ketones is 1. The van der Waals surface area contributed by atoms with Gasteiger partial charge in [-0.15, -0.1) is 0 Å². The molecule has 0 amide bonds. The molecular weight excluding hydrogens is 254 g/mol. The molecule has 1 fully saturated rings. The van der Waals surface area contributed by atoms with Gasteiger partial charge in [0.05, 0.1) is 19.8 Å². The molecule has 0 aliphatic heterocycles. The van der Waals surface area contributed by atoms with Crippen LogP contribution in [0.4, 0.5) is 0 Å². The number of carbonyl (C=O) groups is 1. The fraction of sp³-hybridized carbons (Fsp3) is 0.562. The minimum atomic E-state index is -0.755. The Morgan fingerprint density at radius 3 is 2.35 bits per heavy atom. The lowest BCUT2D eigenvalue weighted by atomic mass is 9.73. The first-order valence-corrected chi connectivity index (χ1v) is 7.05. The van der Waals surface area contributed by atoms with E-state index >= 15 is 0 Å². The van der Waals surface area contributed by atoms with Gasteiger partial charge in [-0.1, -0.05) is 19.8 Å². The largest absolute Gasteiger partial charge is 0.497 e. The average molecular weight is 277 g/mol. The van der Waals surface area contributed by atoms with Crippen molar-refractivity contribution in [2.45, 2.75) is 38.1 Å². The van der Waals surface area contributed by atoms with Crippen molar-refractivity contribution in [3.63, 3.8) is 0 Å². The molecule has 4 heteroatoms. The second-order valence-corrected chi connectivity index (χ2v) is 5.79. The zero-order valence-electron chi connectivity index (χ0n) is 12.4. The Labute approximate surface area is 120 Å². The maximum atomic E-state index is 12.8. The lowest BCUT2D eigenvalue weighted by Gasteiger charge is -2.35. The molecule has 0 heterocycles. The monoisotopic (exact) mass is 277 g/mol. The van der Waals surface area contributed by atoms with Crippen LogP contribution in [-0.4, -0.2) is 25.5 Å². The van der Waals surface area contributed by atoms with Crippen LogP contribution in [0, 0.1) is 5.92 Å². The fourth-order valence-corrected chi connectivity index (χ4v) is 3.02. The SMILES string of the molecule is COc1cc(OC)cc(C(=O)C2(N)CCCC(C)C2)c1. The van der Waals surface area contributed by atoms with Gasteiger partial charge in [-0.2, -0.15) is 0 Å². The molecule has 2 rings (SSSR count). The zero-order chi connectivity index (χ0) is 14.8. The Hall–Kier alpha value is -1.55. The highest BCUT2D eigenvalue weighted by Gasteiger charge is 2.38. The van der Waals surface area contributed by atoms with Crippen LogP contribution in [0.15, 0.2) is 18.2 Å². The Balaban J connectivity index is 2.32. The molecule has 0 saturated heterocycles. The van der Waals surface area contributed by atoms with E-state index in [-0.39, 0.29) is 5.78 Å². The number of methoxy groups -OCH3 is 2. The van der Waals surface area contributed by atoms with Crippen LogP contribution in [0.1, 0.15) is 43.0 Å².